The van der Waals surface area contributed by atoms with Crippen molar-refractivity contribution >= 4 is 20.5 Å². The zero-order chi connectivity index (χ0) is 14.2. The van der Waals surface area contributed by atoms with E-state index in [1.54, 1.807) is 12.1 Å². The molecule has 0 atom stereocenters. The van der Waals surface area contributed by atoms with Crippen molar-refractivity contribution in [1.29, 1.82) is 0 Å². The number of halogens is 3. The molecule has 2 aromatic rings. The molecule has 19 heavy (non-hydrogen) atoms. The van der Waals surface area contributed by atoms with Gasteiger partial charge in [0.25, 0.3) is 0 Å². The van der Waals surface area contributed by atoms with Crippen LogP contribution in [0, 0.1) is 0 Å². The van der Waals surface area contributed by atoms with Gasteiger partial charge in [0.1, 0.15) is 0 Å². The van der Waals surface area contributed by atoms with Crippen molar-refractivity contribution in [2.45, 2.75) is 6.18 Å². The van der Waals surface area contributed by atoms with Crippen LogP contribution in [0.25, 0.3) is 10.3 Å². The molecule has 0 fully saturated rings. The van der Waals surface area contributed by atoms with Crippen LogP contribution in [-0.4, -0.2) is 37.1 Å². The number of hydrogen-bond donors (Lipinski definition) is 0. The van der Waals surface area contributed by atoms with Gasteiger partial charge in [0.2, 0.25) is 0 Å². The van der Waals surface area contributed by atoms with Crippen LogP contribution in [0.1, 0.15) is 14.9 Å². The van der Waals surface area contributed by atoms with E-state index < -0.39 is 32.3 Å². The van der Waals surface area contributed by atoms with Gasteiger partial charge in [0, 0.05) is 0 Å². The summed E-state index contributed by atoms with van der Waals surface area (Å²) in [6.07, 6.45) is -3.54. The summed E-state index contributed by atoms with van der Waals surface area (Å²) in [5, 5.41) is 0. The standard InChI is InChI=1S/C11H9F3N2O2Se/c1-16-5-8(11(12,13)14)15-9(16)6-3-4-7(19-6)10(17)18-2/h3-5H,1-2H3. The van der Waals surface area contributed by atoms with Crippen molar-refractivity contribution in [3.8, 4) is 10.3 Å². The zero-order valence-electron chi connectivity index (χ0n) is 9.99. The molecule has 0 unspecified atom stereocenters. The Bertz CT molecular complexity index is 616. The summed E-state index contributed by atoms with van der Waals surface area (Å²) in [5.74, 6) is -0.237. The number of aryl methyl sites for hydroxylation is 1. The number of rotatable bonds is 2. The van der Waals surface area contributed by atoms with E-state index in [9.17, 15) is 18.0 Å². The zero-order valence-corrected chi connectivity index (χ0v) is 11.7. The molecule has 0 saturated heterocycles. The van der Waals surface area contributed by atoms with Crippen LogP contribution in [0.15, 0.2) is 18.3 Å². The second-order valence-electron chi connectivity index (χ2n) is 3.71. The molecule has 0 aliphatic carbocycles. The van der Waals surface area contributed by atoms with Gasteiger partial charge in [-0.15, -0.1) is 0 Å². The van der Waals surface area contributed by atoms with Crippen molar-refractivity contribution in [3.63, 3.8) is 0 Å². The van der Waals surface area contributed by atoms with Gasteiger partial charge in [-0.05, 0) is 0 Å². The number of esters is 1. The van der Waals surface area contributed by atoms with Gasteiger partial charge in [-0.2, -0.15) is 0 Å². The molecule has 2 heterocycles. The maximum absolute atomic E-state index is 12.6. The van der Waals surface area contributed by atoms with Gasteiger partial charge in [0.05, 0.1) is 0 Å². The van der Waals surface area contributed by atoms with E-state index in [0.717, 1.165) is 6.20 Å². The number of hydrogen-bond acceptors (Lipinski definition) is 3. The molecular weight excluding hydrogens is 328 g/mol. The summed E-state index contributed by atoms with van der Waals surface area (Å²) in [6.45, 7) is 0. The molecule has 102 valence electrons. The van der Waals surface area contributed by atoms with Crippen LogP contribution < -0.4 is 0 Å². The van der Waals surface area contributed by atoms with E-state index >= 15 is 0 Å². The molecule has 0 aliphatic heterocycles. The van der Waals surface area contributed by atoms with Gasteiger partial charge in [-0.3, -0.25) is 0 Å². The summed E-state index contributed by atoms with van der Waals surface area (Å²) < 4.78 is 44.6. The normalized spacial score (nSPS) is 11.6. The molecule has 0 aromatic carbocycles. The monoisotopic (exact) mass is 338 g/mol. The number of carbonyl (C=O) groups excluding carboxylic acids is 1. The molecule has 2 rings (SSSR count). The summed E-state index contributed by atoms with van der Waals surface area (Å²) in [7, 11) is 2.75. The van der Waals surface area contributed by atoms with Crippen molar-refractivity contribution < 1.29 is 22.7 Å². The summed E-state index contributed by atoms with van der Waals surface area (Å²) in [6, 6.07) is 3.16. The predicted molar refractivity (Wildman–Crippen MR) is 61.9 cm³/mol. The van der Waals surface area contributed by atoms with E-state index in [1.165, 1.54) is 18.7 Å². The molecule has 0 aliphatic rings. The summed E-state index contributed by atoms with van der Waals surface area (Å²) in [4.78, 5) is 14.9. The third-order valence-corrected chi connectivity index (χ3v) is 4.61. The van der Waals surface area contributed by atoms with Gasteiger partial charge in [0.15, 0.2) is 0 Å². The van der Waals surface area contributed by atoms with Crippen LogP contribution in [-0.2, 0) is 18.0 Å². The Morgan fingerprint density at radius 1 is 1.42 bits per heavy atom. The molecular formula is C11H9F3N2O2Se. The first-order valence-corrected chi connectivity index (χ1v) is 6.83. The molecule has 0 N–H and O–H groups in total. The Kier molecular flexibility index (Phi) is 3.56. The number of alkyl halides is 3. The Labute approximate surface area is 112 Å². The Balaban J connectivity index is 2.40. The number of carbonyl (C=O) groups is 1. The number of methoxy groups -OCH3 is 1. The second kappa shape index (κ2) is 4.86. The van der Waals surface area contributed by atoms with Crippen LogP contribution in [0.3, 0.4) is 0 Å². The molecule has 0 saturated carbocycles. The predicted octanol–water partition coefficient (Wildman–Crippen LogP) is 1.95. The summed E-state index contributed by atoms with van der Waals surface area (Å²) >= 11 is -0.394. The molecule has 2 aromatic heterocycles. The fraction of sp³-hybridized carbons (Fsp3) is 0.273. The van der Waals surface area contributed by atoms with Crippen LogP contribution >= 0.6 is 0 Å². The quantitative estimate of drug-likeness (QED) is 0.622. The average molecular weight is 337 g/mol. The molecule has 8 heteroatoms. The van der Waals surface area contributed by atoms with Gasteiger partial charge in [-0.25, -0.2) is 0 Å². The first-order valence-electron chi connectivity index (χ1n) is 5.12. The van der Waals surface area contributed by atoms with Crippen molar-refractivity contribution in [2.75, 3.05) is 7.11 Å². The van der Waals surface area contributed by atoms with Crippen LogP contribution in [0.2, 0.25) is 0 Å². The van der Waals surface area contributed by atoms with Crippen molar-refractivity contribution in [1.82, 2.24) is 9.55 Å². The van der Waals surface area contributed by atoms with Crippen molar-refractivity contribution in [2.24, 2.45) is 7.05 Å². The Morgan fingerprint density at radius 2 is 2.11 bits per heavy atom. The maximum atomic E-state index is 12.6. The third-order valence-electron chi connectivity index (χ3n) is 2.38. The van der Waals surface area contributed by atoms with Gasteiger partial charge in [-0.1, -0.05) is 0 Å². The number of imidazole rings is 1. The van der Waals surface area contributed by atoms with E-state index in [0.29, 0.717) is 8.87 Å². The van der Waals surface area contributed by atoms with E-state index in [1.807, 2.05) is 0 Å². The number of ether oxygens (including phenoxy) is 1. The van der Waals surface area contributed by atoms with Gasteiger partial charge >= 0.3 is 112 Å². The van der Waals surface area contributed by atoms with Crippen LogP contribution in [0.5, 0.6) is 0 Å². The van der Waals surface area contributed by atoms with Crippen molar-refractivity contribution in [3.05, 3.63) is 28.5 Å². The number of aromatic nitrogens is 2. The molecule has 0 radical (unpaired) electrons. The fourth-order valence-corrected chi connectivity index (χ4v) is 3.51. The molecule has 0 spiro atoms. The second-order valence-corrected chi connectivity index (χ2v) is 5.99. The molecule has 0 amide bonds. The fourth-order valence-electron chi connectivity index (χ4n) is 1.50. The van der Waals surface area contributed by atoms with Crippen LogP contribution in [0.4, 0.5) is 13.2 Å². The van der Waals surface area contributed by atoms with Gasteiger partial charge < -0.3 is 0 Å². The van der Waals surface area contributed by atoms with E-state index in [-0.39, 0.29) is 5.82 Å². The average Bonchev–Trinajstić information content (AvgIpc) is 2.93. The topological polar surface area (TPSA) is 44.1 Å². The SMILES string of the molecule is COC(=O)c1ccc(-c2nc(C(F)(F)F)cn2C)[se]1. The Morgan fingerprint density at radius 3 is 2.63 bits per heavy atom. The minimum atomic E-state index is -4.47. The minimum absolute atomic E-state index is 0.225. The first-order chi connectivity index (χ1) is 8.82. The molecule has 0 bridgehead atoms. The summed E-state index contributed by atoms with van der Waals surface area (Å²) in [5.41, 5.74) is -0.937. The Hall–Kier alpha value is -1.53. The van der Waals surface area contributed by atoms with E-state index in [4.69, 9.17) is 0 Å². The van der Waals surface area contributed by atoms with E-state index in [2.05, 4.69) is 9.72 Å². The first kappa shape index (κ1) is 13.9. The number of nitrogens with zero attached hydrogens (tertiary/aromatic N) is 2. The molecule has 4 nitrogen and oxygen atoms in total. The third kappa shape index (κ3) is 2.74.